The Morgan fingerprint density at radius 3 is 1.34 bits per heavy atom. The van der Waals surface area contributed by atoms with Crippen molar-refractivity contribution in [3.63, 3.8) is 0 Å². The van der Waals surface area contributed by atoms with Crippen molar-refractivity contribution in [2.45, 2.75) is 9.79 Å². The molecule has 0 fully saturated rings. The van der Waals surface area contributed by atoms with Gasteiger partial charge in [0.05, 0.1) is 47.6 Å². The average Bonchev–Trinajstić information content (AvgIpc) is 2.71. The SMILES string of the molecule is COc1cc([N+](=O)[O-])c(S(=O)(=O)O)cc1NC(=O)Nc1cc(S(=O)(=O)O)c([N+](=O)[O-])cc1OC.[Na+]. The van der Waals surface area contributed by atoms with Crippen molar-refractivity contribution in [3.05, 3.63) is 44.5 Å². The monoisotopic (exact) mass is 545 g/mol. The molecule has 2 aromatic rings. The minimum atomic E-state index is -5.11. The molecule has 35 heavy (non-hydrogen) atoms. The van der Waals surface area contributed by atoms with E-state index in [9.17, 15) is 51.0 Å². The van der Waals surface area contributed by atoms with Gasteiger partial charge in [-0.15, -0.1) is 0 Å². The third-order valence-corrected chi connectivity index (χ3v) is 5.77. The summed E-state index contributed by atoms with van der Waals surface area (Å²) in [6.07, 6.45) is 0. The number of nitro groups is 2. The molecule has 2 rings (SSSR count). The van der Waals surface area contributed by atoms with Gasteiger partial charge in [0, 0.05) is 0 Å². The zero-order valence-electron chi connectivity index (χ0n) is 17.9. The average molecular weight is 545 g/mol. The summed E-state index contributed by atoms with van der Waals surface area (Å²) in [5.74, 6) is -0.799. The van der Waals surface area contributed by atoms with Gasteiger partial charge in [-0.1, -0.05) is 0 Å². The molecule has 0 aliphatic rings. The maximum atomic E-state index is 12.5. The van der Waals surface area contributed by atoms with E-state index in [2.05, 4.69) is 10.6 Å². The standard InChI is InChI=1S/C15H14N4O13S2.Na/c1-31-11-5-9(18(21)22)13(33(25,26)27)3-7(11)16-15(20)17-8-4-14(34(28,29)30)10(19(23)24)6-12(8)32-2;/h3-6H,1-2H3,(H2,16,17,20)(H,25,26,27)(H,28,29,30);/q;+1. The van der Waals surface area contributed by atoms with Crippen molar-refractivity contribution >= 4 is 49.0 Å². The maximum Gasteiger partial charge on any atom is 1.00 e. The van der Waals surface area contributed by atoms with Crippen LogP contribution in [0, 0.1) is 20.2 Å². The second kappa shape index (κ2) is 11.1. The van der Waals surface area contributed by atoms with Crippen molar-refractivity contribution in [2.75, 3.05) is 24.9 Å². The van der Waals surface area contributed by atoms with Gasteiger partial charge in [0.25, 0.3) is 11.4 Å². The molecule has 0 unspecified atom stereocenters. The fraction of sp³-hybridized carbons (Fsp3) is 0.133. The molecular formula is C15H14N4NaO13S2+. The van der Waals surface area contributed by atoms with Crippen LogP contribution in [0.3, 0.4) is 0 Å². The molecule has 2 aromatic carbocycles. The fourth-order valence-electron chi connectivity index (χ4n) is 2.61. The largest absolute Gasteiger partial charge is 1.00 e. The van der Waals surface area contributed by atoms with Gasteiger partial charge in [-0.2, -0.15) is 16.8 Å². The minimum Gasteiger partial charge on any atom is -0.494 e. The van der Waals surface area contributed by atoms with Gasteiger partial charge in [-0.3, -0.25) is 29.3 Å². The van der Waals surface area contributed by atoms with Gasteiger partial charge in [0.1, 0.15) is 11.5 Å². The Bertz CT molecular complexity index is 1300. The first kappa shape index (κ1) is 30.0. The van der Waals surface area contributed by atoms with Gasteiger partial charge in [0.2, 0.25) is 0 Å². The summed E-state index contributed by atoms with van der Waals surface area (Å²) in [5.41, 5.74) is -3.07. The van der Waals surface area contributed by atoms with Gasteiger partial charge >= 0.3 is 55.8 Å². The molecule has 0 aromatic heterocycles. The summed E-state index contributed by atoms with van der Waals surface area (Å²) in [6.45, 7) is 0. The number of rotatable bonds is 8. The summed E-state index contributed by atoms with van der Waals surface area (Å²) in [7, 11) is -8.16. The van der Waals surface area contributed by atoms with E-state index in [-0.39, 0.29) is 29.6 Å². The van der Waals surface area contributed by atoms with Crippen LogP contribution in [-0.4, -0.2) is 56.0 Å². The predicted octanol–water partition coefficient (Wildman–Crippen LogP) is -1.34. The first-order valence-corrected chi connectivity index (χ1v) is 11.2. The molecule has 0 atom stereocenters. The van der Waals surface area contributed by atoms with Crippen molar-refractivity contribution in [1.82, 2.24) is 0 Å². The summed E-state index contributed by atoms with van der Waals surface area (Å²) in [6, 6.07) is 1.05. The van der Waals surface area contributed by atoms with E-state index >= 15 is 0 Å². The van der Waals surface area contributed by atoms with E-state index in [1.54, 1.807) is 0 Å². The number of urea groups is 1. The Morgan fingerprint density at radius 1 is 0.800 bits per heavy atom. The smallest absolute Gasteiger partial charge is 0.494 e. The number of carbonyl (C=O) groups excluding carboxylic acids is 1. The van der Waals surface area contributed by atoms with Crippen molar-refractivity contribution in [1.29, 1.82) is 0 Å². The maximum absolute atomic E-state index is 12.5. The molecule has 2 amide bonds. The Balaban J connectivity index is 0.00000612. The van der Waals surface area contributed by atoms with Gasteiger partial charge in [-0.05, 0) is 12.1 Å². The van der Waals surface area contributed by atoms with Crippen LogP contribution in [0.1, 0.15) is 0 Å². The first-order chi connectivity index (χ1) is 15.6. The number of carbonyl (C=O) groups is 1. The topological polar surface area (TPSA) is 255 Å². The summed E-state index contributed by atoms with van der Waals surface area (Å²) in [4.78, 5) is 30.1. The van der Waals surface area contributed by atoms with E-state index in [0.717, 1.165) is 14.2 Å². The van der Waals surface area contributed by atoms with Gasteiger partial charge in [-0.25, -0.2) is 4.79 Å². The normalized spacial score (nSPS) is 11.1. The molecule has 184 valence electrons. The van der Waals surface area contributed by atoms with Crippen LogP contribution in [0.25, 0.3) is 0 Å². The Labute approximate surface area is 218 Å². The Hall–Kier alpha value is -3.07. The molecule has 0 radical (unpaired) electrons. The zero-order chi connectivity index (χ0) is 26.0. The number of ether oxygens (including phenoxy) is 2. The first-order valence-electron chi connectivity index (χ1n) is 8.36. The van der Waals surface area contributed by atoms with Crippen LogP contribution in [-0.2, 0) is 20.2 Å². The van der Waals surface area contributed by atoms with Crippen molar-refractivity contribution in [3.8, 4) is 11.5 Å². The number of benzene rings is 2. The van der Waals surface area contributed by atoms with Crippen LogP contribution in [0.5, 0.6) is 11.5 Å². The molecule has 20 heteroatoms. The third-order valence-electron chi connectivity index (χ3n) is 4.01. The number of nitro benzene ring substituents is 2. The second-order valence-electron chi connectivity index (χ2n) is 6.08. The van der Waals surface area contributed by atoms with Gasteiger partial charge in [0.15, 0.2) is 9.79 Å². The van der Waals surface area contributed by atoms with E-state index in [4.69, 9.17) is 9.47 Å². The number of nitrogens with one attached hydrogen (secondary N) is 2. The Morgan fingerprint density at radius 2 is 1.11 bits per heavy atom. The number of hydrogen-bond acceptors (Lipinski definition) is 11. The van der Waals surface area contributed by atoms with Crippen molar-refractivity contribution < 1.29 is 79.6 Å². The molecule has 0 saturated carbocycles. The van der Waals surface area contributed by atoms with Crippen LogP contribution in [0.15, 0.2) is 34.1 Å². The van der Waals surface area contributed by atoms with E-state index in [1.165, 1.54) is 0 Å². The number of nitrogens with zero attached hydrogens (tertiary/aromatic N) is 2. The van der Waals surface area contributed by atoms with Crippen LogP contribution >= 0.6 is 0 Å². The zero-order valence-corrected chi connectivity index (χ0v) is 21.5. The number of hydrogen-bond donors (Lipinski definition) is 4. The van der Waals surface area contributed by atoms with E-state index in [1.807, 2.05) is 0 Å². The third kappa shape index (κ3) is 6.97. The van der Waals surface area contributed by atoms with Gasteiger partial charge < -0.3 is 20.1 Å². The van der Waals surface area contributed by atoms with Crippen LogP contribution in [0.2, 0.25) is 0 Å². The van der Waals surface area contributed by atoms with Crippen LogP contribution in [0.4, 0.5) is 27.5 Å². The molecule has 0 aliphatic carbocycles. The van der Waals surface area contributed by atoms with Crippen LogP contribution < -0.4 is 49.7 Å². The number of amides is 2. The predicted molar refractivity (Wildman–Crippen MR) is 112 cm³/mol. The number of methoxy groups -OCH3 is 2. The fourth-order valence-corrected chi connectivity index (χ4v) is 3.94. The van der Waals surface area contributed by atoms with E-state index in [0.29, 0.717) is 24.3 Å². The summed E-state index contributed by atoms with van der Waals surface area (Å²) < 4.78 is 74.4. The molecule has 0 heterocycles. The number of anilines is 2. The molecule has 0 aliphatic heterocycles. The molecule has 17 nitrogen and oxygen atoms in total. The summed E-state index contributed by atoms with van der Waals surface area (Å²) in [5, 5.41) is 26.3. The molecule has 4 N–H and O–H groups in total. The van der Waals surface area contributed by atoms with E-state index < -0.39 is 80.2 Å². The Kier molecular flexibility index (Phi) is 9.51. The molecule has 0 spiro atoms. The molecule has 0 bridgehead atoms. The summed E-state index contributed by atoms with van der Waals surface area (Å²) >= 11 is 0. The minimum absolute atomic E-state index is 0. The molecular weight excluding hydrogens is 531 g/mol. The van der Waals surface area contributed by atoms with Crippen molar-refractivity contribution in [2.24, 2.45) is 0 Å². The second-order valence-corrected chi connectivity index (χ2v) is 8.86. The quantitative estimate of drug-likeness (QED) is 0.130. The molecule has 0 saturated heterocycles.